The molecule has 0 fully saturated rings. The second kappa shape index (κ2) is 8.99. The molecule has 0 spiro atoms. The van der Waals surface area contributed by atoms with Crippen LogP contribution in [0, 0.1) is 0 Å². The van der Waals surface area contributed by atoms with Crippen molar-refractivity contribution >= 4 is 5.97 Å². The van der Waals surface area contributed by atoms with Crippen LogP contribution in [-0.2, 0) is 9.53 Å². The predicted molar refractivity (Wildman–Crippen MR) is 71.7 cm³/mol. The van der Waals surface area contributed by atoms with Crippen LogP contribution >= 0.6 is 0 Å². The number of esters is 1. The van der Waals surface area contributed by atoms with Gasteiger partial charge in [-0.25, -0.2) is 0 Å². The van der Waals surface area contributed by atoms with E-state index in [1.165, 1.54) is 7.11 Å². The van der Waals surface area contributed by atoms with E-state index in [4.69, 9.17) is 0 Å². The zero-order chi connectivity index (χ0) is 13.1. The van der Waals surface area contributed by atoms with Crippen LogP contribution in [0.3, 0.4) is 0 Å². The fourth-order valence-electron chi connectivity index (χ4n) is 1.92. The van der Waals surface area contributed by atoms with E-state index in [2.05, 4.69) is 24.9 Å². The molecule has 0 heterocycles. The van der Waals surface area contributed by atoms with Gasteiger partial charge in [0.2, 0.25) is 0 Å². The quantitative estimate of drug-likeness (QED) is 0.254. The highest BCUT2D eigenvalue weighted by Gasteiger charge is 2.16. The summed E-state index contributed by atoms with van der Waals surface area (Å²) in [7, 11) is 3.65. The Hall–Kier alpha value is -1.09. The Morgan fingerprint density at radius 1 is 1.18 bits per heavy atom. The molecule has 0 aromatic rings. The second-order valence-corrected chi connectivity index (χ2v) is 4.67. The van der Waals surface area contributed by atoms with Crippen LogP contribution < -0.4 is 0 Å². The van der Waals surface area contributed by atoms with Crippen molar-refractivity contribution in [3.05, 3.63) is 25.3 Å². The summed E-state index contributed by atoms with van der Waals surface area (Å²) in [5.74, 6) is -0.112. The first kappa shape index (κ1) is 15.9. The summed E-state index contributed by atoms with van der Waals surface area (Å²) in [6.45, 7) is 10.6. The molecule has 98 valence electrons. The third kappa shape index (κ3) is 7.75. The lowest BCUT2D eigenvalue weighted by Gasteiger charge is -2.32. The van der Waals surface area contributed by atoms with E-state index in [0.717, 1.165) is 43.4 Å². The van der Waals surface area contributed by atoms with Gasteiger partial charge < -0.3 is 9.22 Å². The van der Waals surface area contributed by atoms with Crippen molar-refractivity contribution in [3.8, 4) is 0 Å². The Morgan fingerprint density at radius 3 is 2.24 bits per heavy atom. The summed E-state index contributed by atoms with van der Waals surface area (Å²) < 4.78 is 5.56. The minimum absolute atomic E-state index is 0.112. The smallest absolute Gasteiger partial charge is 0.305 e. The molecule has 0 aromatic heterocycles. The molecule has 0 aliphatic heterocycles. The number of ether oxygens (including phenoxy) is 1. The summed E-state index contributed by atoms with van der Waals surface area (Å²) in [6, 6.07) is 0. The van der Waals surface area contributed by atoms with Crippen molar-refractivity contribution in [3.63, 3.8) is 0 Å². The van der Waals surface area contributed by atoms with Crippen molar-refractivity contribution < 1.29 is 14.0 Å². The Bertz CT molecular complexity index is 239. The molecule has 0 aromatic carbocycles. The SMILES string of the molecule is C=CC[N+](C)(CC=C)CCCCCC(=O)OC. The number of likely N-dealkylation sites (N-methyl/N-ethyl adjacent to an activating group) is 1. The monoisotopic (exact) mass is 240 g/mol. The topological polar surface area (TPSA) is 26.3 Å². The number of nitrogens with zero attached hydrogens (tertiary/aromatic N) is 1. The van der Waals surface area contributed by atoms with Crippen molar-refractivity contribution in [1.82, 2.24) is 0 Å². The van der Waals surface area contributed by atoms with E-state index in [1.807, 2.05) is 12.2 Å². The van der Waals surface area contributed by atoms with E-state index in [9.17, 15) is 4.79 Å². The lowest BCUT2D eigenvalue weighted by atomic mass is 10.1. The third-order valence-corrected chi connectivity index (χ3v) is 2.95. The highest BCUT2D eigenvalue weighted by atomic mass is 16.5. The van der Waals surface area contributed by atoms with E-state index >= 15 is 0 Å². The van der Waals surface area contributed by atoms with E-state index in [1.54, 1.807) is 0 Å². The lowest BCUT2D eigenvalue weighted by Crippen LogP contribution is -2.44. The van der Waals surface area contributed by atoms with Crippen LogP contribution in [0.4, 0.5) is 0 Å². The van der Waals surface area contributed by atoms with Crippen LogP contribution in [0.1, 0.15) is 25.7 Å². The van der Waals surface area contributed by atoms with Crippen LogP contribution in [0.2, 0.25) is 0 Å². The molecule has 0 bridgehead atoms. The Balaban J connectivity index is 3.78. The van der Waals surface area contributed by atoms with Crippen LogP contribution in [0.5, 0.6) is 0 Å². The van der Waals surface area contributed by atoms with Gasteiger partial charge in [0.1, 0.15) is 0 Å². The van der Waals surface area contributed by atoms with Crippen molar-refractivity contribution in [2.45, 2.75) is 25.7 Å². The van der Waals surface area contributed by atoms with Gasteiger partial charge >= 0.3 is 5.97 Å². The van der Waals surface area contributed by atoms with Gasteiger partial charge in [0.15, 0.2) is 0 Å². The molecule has 0 aliphatic carbocycles. The Labute approximate surface area is 105 Å². The van der Waals surface area contributed by atoms with Crippen molar-refractivity contribution in [2.75, 3.05) is 33.8 Å². The van der Waals surface area contributed by atoms with E-state index in [-0.39, 0.29) is 5.97 Å². The van der Waals surface area contributed by atoms with Crippen molar-refractivity contribution in [1.29, 1.82) is 0 Å². The predicted octanol–water partition coefficient (Wildman–Crippen LogP) is 2.54. The molecule has 0 saturated heterocycles. The van der Waals surface area contributed by atoms with Gasteiger partial charge in [0, 0.05) is 6.42 Å². The normalized spacial score (nSPS) is 10.9. The highest BCUT2D eigenvalue weighted by Crippen LogP contribution is 2.09. The summed E-state index contributed by atoms with van der Waals surface area (Å²) in [5.41, 5.74) is 0. The maximum Gasteiger partial charge on any atom is 0.305 e. The van der Waals surface area contributed by atoms with Gasteiger partial charge in [-0.05, 0) is 31.4 Å². The zero-order valence-electron chi connectivity index (χ0n) is 11.3. The second-order valence-electron chi connectivity index (χ2n) is 4.67. The van der Waals surface area contributed by atoms with Gasteiger partial charge in [0.05, 0.1) is 33.8 Å². The fourth-order valence-corrected chi connectivity index (χ4v) is 1.92. The van der Waals surface area contributed by atoms with E-state index in [0.29, 0.717) is 6.42 Å². The average molecular weight is 240 g/mol. The number of rotatable bonds is 10. The number of quaternary nitrogens is 1. The number of carbonyl (C=O) groups is 1. The van der Waals surface area contributed by atoms with Crippen LogP contribution in [0.15, 0.2) is 25.3 Å². The Morgan fingerprint density at radius 2 is 1.76 bits per heavy atom. The average Bonchev–Trinajstić information content (AvgIpc) is 2.29. The molecule has 0 N–H and O–H groups in total. The molecule has 0 unspecified atom stereocenters. The zero-order valence-corrected chi connectivity index (χ0v) is 11.3. The molecule has 17 heavy (non-hydrogen) atoms. The minimum Gasteiger partial charge on any atom is -0.469 e. The number of carbonyl (C=O) groups excluding carboxylic acids is 1. The number of unbranched alkanes of at least 4 members (excludes halogenated alkanes) is 2. The molecule has 0 amide bonds. The van der Waals surface area contributed by atoms with Crippen LogP contribution in [-0.4, -0.2) is 44.2 Å². The van der Waals surface area contributed by atoms with Crippen molar-refractivity contribution in [2.24, 2.45) is 0 Å². The maximum absolute atomic E-state index is 10.9. The molecule has 0 atom stereocenters. The van der Waals surface area contributed by atoms with Gasteiger partial charge in [-0.3, -0.25) is 4.79 Å². The van der Waals surface area contributed by atoms with Gasteiger partial charge in [-0.15, -0.1) is 0 Å². The van der Waals surface area contributed by atoms with Gasteiger partial charge in [-0.2, -0.15) is 0 Å². The maximum atomic E-state index is 10.9. The van der Waals surface area contributed by atoms with Gasteiger partial charge in [0.25, 0.3) is 0 Å². The number of hydrogen-bond acceptors (Lipinski definition) is 2. The largest absolute Gasteiger partial charge is 0.469 e. The fraction of sp³-hybridized carbons (Fsp3) is 0.643. The molecule has 0 rings (SSSR count). The number of methoxy groups -OCH3 is 1. The highest BCUT2D eigenvalue weighted by molar-refractivity contribution is 5.68. The standard InChI is InChI=1S/C14H26NO2/c1-5-11-15(3,12-6-2)13-9-7-8-10-14(16)17-4/h5-6H,1-2,7-13H2,3-4H3/q+1. The summed E-state index contributed by atoms with van der Waals surface area (Å²) in [4.78, 5) is 10.9. The molecular formula is C14H26NO2+. The first-order chi connectivity index (χ1) is 8.08. The third-order valence-electron chi connectivity index (χ3n) is 2.95. The number of hydrogen-bond donors (Lipinski definition) is 0. The van der Waals surface area contributed by atoms with Gasteiger partial charge in [-0.1, -0.05) is 13.2 Å². The molecule has 0 aliphatic rings. The molecule has 3 heteroatoms. The summed E-state index contributed by atoms with van der Waals surface area (Å²) >= 11 is 0. The minimum atomic E-state index is -0.112. The van der Waals surface area contributed by atoms with E-state index < -0.39 is 0 Å². The summed E-state index contributed by atoms with van der Waals surface area (Å²) in [5, 5.41) is 0. The summed E-state index contributed by atoms with van der Waals surface area (Å²) in [6.07, 6.45) is 7.54. The molecule has 0 radical (unpaired) electrons. The first-order valence-corrected chi connectivity index (χ1v) is 6.20. The molecule has 0 saturated carbocycles. The Kier molecular flexibility index (Phi) is 8.42. The molecule has 3 nitrogen and oxygen atoms in total. The van der Waals surface area contributed by atoms with Crippen LogP contribution in [0.25, 0.3) is 0 Å². The lowest BCUT2D eigenvalue weighted by molar-refractivity contribution is -0.898. The molecular weight excluding hydrogens is 214 g/mol. The first-order valence-electron chi connectivity index (χ1n) is 6.20.